The molecule has 4 nitrogen and oxygen atoms in total. The van der Waals surface area contributed by atoms with Gasteiger partial charge in [0.25, 0.3) is 0 Å². The van der Waals surface area contributed by atoms with E-state index in [1.54, 1.807) is 18.5 Å². The van der Waals surface area contributed by atoms with Crippen molar-refractivity contribution >= 4 is 0 Å². The molecule has 0 aliphatic heterocycles. The smallest absolute Gasteiger partial charge is 0.149 e. The molecule has 17 heavy (non-hydrogen) atoms. The highest BCUT2D eigenvalue weighted by Crippen LogP contribution is 2.20. The minimum atomic E-state index is -0.323. The summed E-state index contributed by atoms with van der Waals surface area (Å²) in [6.45, 7) is 2.59. The van der Waals surface area contributed by atoms with Gasteiger partial charge in [0.05, 0.1) is 12.6 Å². The largest absolute Gasteiger partial charge is 0.494 e. The molecule has 0 aliphatic carbocycles. The van der Waals surface area contributed by atoms with Crippen molar-refractivity contribution in [3.63, 3.8) is 0 Å². The lowest BCUT2D eigenvalue weighted by molar-refractivity contribution is 0.340. The van der Waals surface area contributed by atoms with Gasteiger partial charge in [0, 0.05) is 12.4 Å². The molecule has 0 saturated heterocycles. The number of benzene rings is 1. The van der Waals surface area contributed by atoms with E-state index in [9.17, 15) is 0 Å². The molecule has 2 N–H and O–H groups in total. The second kappa shape index (κ2) is 5.41. The number of ether oxygens (including phenoxy) is 1. The van der Waals surface area contributed by atoms with Crippen LogP contribution in [0.1, 0.15) is 24.4 Å². The van der Waals surface area contributed by atoms with Crippen molar-refractivity contribution in [2.24, 2.45) is 5.73 Å². The highest BCUT2D eigenvalue weighted by atomic mass is 16.5. The molecule has 0 amide bonds. The fourth-order valence-electron chi connectivity index (χ4n) is 1.58. The monoisotopic (exact) mass is 229 g/mol. The normalized spacial score (nSPS) is 12.1. The molecule has 1 heterocycles. The standard InChI is InChI=1S/C13H15N3O/c1-2-17-11-6-3-5-10(9-11)12(14)13-15-7-4-8-16-13/h3-9,12H,2,14H2,1H3. The molecule has 0 fully saturated rings. The Morgan fingerprint density at radius 2 is 2.00 bits per heavy atom. The molecule has 0 saturated carbocycles. The summed E-state index contributed by atoms with van der Waals surface area (Å²) in [7, 11) is 0. The summed E-state index contributed by atoms with van der Waals surface area (Å²) < 4.78 is 5.44. The summed E-state index contributed by atoms with van der Waals surface area (Å²) in [6.07, 6.45) is 3.38. The molecular weight excluding hydrogens is 214 g/mol. The van der Waals surface area contributed by atoms with Crippen LogP contribution in [-0.4, -0.2) is 16.6 Å². The Morgan fingerprint density at radius 1 is 1.24 bits per heavy atom. The summed E-state index contributed by atoms with van der Waals surface area (Å²) in [6, 6.07) is 9.15. The Morgan fingerprint density at radius 3 is 2.71 bits per heavy atom. The van der Waals surface area contributed by atoms with Crippen LogP contribution in [0.3, 0.4) is 0 Å². The van der Waals surface area contributed by atoms with Gasteiger partial charge in [0.2, 0.25) is 0 Å². The summed E-state index contributed by atoms with van der Waals surface area (Å²) in [5, 5.41) is 0. The van der Waals surface area contributed by atoms with Gasteiger partial charge in [-0.1, -0.05) is 12.1 Å². The van der Waals surface area contributed by atoms with E-state index >= 15 is 0 Å². The number of rotatable bonds is 4. The maximum Gasteiger partial charge on any atom is 0.149 e. The third-order valence-electron chi connectivity index (χ3n) is 2.39. The lowest BCUT2D eigenvalue weighted by atomic mass is 10.1. The minimum absolute atomic E-state index is 0.323. The lowest BCUT2D eigenvalue weighted by Gasteiger charge is -2.11. The van der Waals surface area contributed by atoms with Crippen molar-refractivity contribution in [2.75, 3.05) is 6.61 Å². The maximum absolute atomic E-state index is 6.10. The highest BCUT2D eigenvalue weighted by Gasteiger charge is 2.11. The van der Waals surface area contributed by atoms with Crippen molar-refractivity contribution in [3.05, 3.63) is 54.1 Å². The van der Waals surface area contributed by atoms with Crippen LogP contribution in [-0.2, 0) is 0 Å². The van der Waals surface area contributed by atoms with Crippen LogP contribution in [0.5, 0.6) is 5.75 Å². The SMILES string of the molecule is CCOc1cccc(C(N)c2ncccn2)c1. The highest BCUT2D eigenvalue weighted by molar-refractivity contribution is 5.32. The molecular formula is C13H15N3O. The molecule has 0 spiro atoms. The first-order chi connectivity index (χ1) is 8.31. The summed E-state index contributed by atoms with van der Waals surface area (Å²) >= 11 is 0. The fraction of sp³-hybridized carbons (Fsp3) is 0.231. The Bertz CT molecular complexity index is 473. The zero-order valence-electron chi connectivity index (χ0n) is 9.71. The quantitative estimate of drug-likeness (QED) is 0.870. The predicted molar refractivity (Wildman–Crippen MR) is 65.7 cm³/mol. The van der Waals surface area contributed by atoms with Crippen LogP contribution < -0.4 is 10.5 Å². The summed E-state index contributed by atoms with van der Waals surface area (Å²) in [5.41, 5.74) is 7.05. The van der Waals surface area contributed by atoms with E-state index in [0.717, 1.165) is 11.3 Å². The zero-order valence-corrected chi connectivity index (χ0v) is 9.71. The molecule has 1 aromatic heterocycles. The van der Waals surface area contributed by atoms with E-state index in [0.29, 0.717) is 12.4 Å². The molecule has 2 aromatic rings. The van der Waals surface area contributed by atoms with Gasteiger partial charge < -0.3 is 10.5 Å². The summed E-state index contributed by atoms with van der Waals surface area (Å²) in [4.78, 5) is 8.31. The van der Waals surface area contributed by atoms with Gasteiger partial charge in [-0.2, -0.15) is 0 Å². The van der Waals surface area contributed by atoms with E-state index in [1.807, 2.05) is 31.2 Å². The molecule has 4 heteroatoms. The van der Waals surface area contributed by atoms with E-state index in [1.165, 1.54) is 0 Å². The number of hydrogen-bond acceptors (Lipinski definition) is 4. The topological polar surface area (TPSA) is 61.0 Å². The zero-order chi connectivity index (χ0) is 12.1. The number of hydrogen-bond donors (Lipinski definition) is 1. The Balaban J connectivity index is 2.25. The van der Waals surface area contributed by atoms with Gasteiger partial charge in [-0.05, 0) is 30.7 Å². The van der Waals surface area contributed by atoms with Gasteiger partial charge in [-0.25, -0.2) is 9.97 Å². The van der Waals surface area contributed by atoms with Gasteiger partial charge in [0.15, 0.2) is 0 Å². The molecule has 88 valence electrons. The van der Waals surface area contributed by atoms with E-state index in [-0.39, 0.29) is 6.04 Å². The van der Waals surface area contributed by atoms with Crippen LogP contribution in [0.25, 0.3) is 0 Å². The van der Waals surface area contributed by atoms with Crippen LogP contribution in [0.15, 0.2) is 42.7 Å². The Kier molecular flexibility index (Phi) is 3.67. The molecule has 1 unspecified atom stereocenters. The van der Waals surface area contributed by atoms with Gasteiger partial charge in [-0.15, -0.1) is 0 Å². The van der Waals surface area contributed by atoms with Gasteiger partial charge >= 0.3 is 0 Å². The first kappa shape index (κ1) is 11.5. The third kappa shape index (κ3) is 2.79. The van der Waals surface area contributed by atoms with Gasteiger partial charge in [0.1, 0.15) is 11.6 Å². The van der Waals surface area contributed by atoms with E-state index < -0.39 is 0 Å². The average molecular weight is 229 g/mol. The van der Waals surface area contributed by atoms with Crippen LogP contribution in [0.4, 0.5) is 0 Å². The average Bonchev–Trinajstić information content (AvgIpc) is 2.40. The lowest BCUT2D eigenvalue weighted by Crippen LogP contribution is -2.15. The molecule has 0 radical (unpaired) electrons. The first-order valence-corrected chi connectivity index (χ1v) is 5.56. The molecule has 0 bridgehead atoms. The second-order valence-corrected chi connectivity index (χ2v) is 3.59. The fourth-order valence-corrected chi connectivity index (χ4v) is 1.58. The maximum atomic E-state index is 6.10. The third-order valence-corrected chi connectivity index (χ3v) is 2.39. The van der Waals surface area contributed by atoms with Crippen molar-refractivity contribution in [2.45, 2.75) is 13.0 Å². The Labute approximate surface area is 100 Å². The molecule has 1 aromatic carbocycles. The minimum Gasteiger partial charge on any atom is -0.494 e. The predicted octanol–water partition coefficient (Wildman–Crippen LogP) is 1.92. The molecule has 0 aliphatic rings. The number of nitrogens with two attached hydrogens (primary N) is 1. The van der Waals surface area contributed by atoms with Crippen molar-refractivity contribution in [1.82, 2.24) is 9.97 Å². The Hall–Kier alpha value is -1.94. The first-order valence-electron chi connectivity index (χ1n) is 5.56. The summed E-state index contributed by atoms with van der Waals surface area (Å²) in [5.74, 6) is 1.43. The molecule has 2 rings (SSSR count). The van der Waals surface area contributed by atoms with Crippen molar-refractivity contribution in [1.29, 1.82) is 0 Å². The molecule has 1 atom stereocenters. The number of aromatic nitrogens is 2. The van der Waals surface area contributed by atoms with Crippen LogP contribution in [0, 0.1) is 0 Å². The van der Waals surface area contributed by atoms with E-state index in [4.69, 9.17) is 10.5 Å². The van der Waals surface area contributed by atoms with Crippen molar-refractivity contribution < 1.29 is 4.74 Å². The van der Waals surface area contributed by atoms with Crippen molar-refractivity contribution in [3.8, 4) is 5.75 Å². The number of nitrogens with zero attached hydrogens (tertiary/aromatic N) is 2. The van der Waals surface area contributed by atoms with Gasteiger partial charge in [-0.3, -0.25) is 0 Å². The second-order valence-electron chi connectivity index (χ2n) is 3.59. The van der Waals surface area contributed by atoms with Crippen LogP contribution in [0.2, 0.25) is 0 Å². The van der Waals surface area contributed by atoms with E-state index in [2.05, 4.69) is 9.97 Å². The van der Waals surface area contributed by atoms with Crippen LogP contribution >= 0.6 is 0 Å².